The summed E-state index contributed by atoms with van der Waals surface area (Å²) in [7, 11) is 0. The predicted octanol–water partition coefficient (Wildman–Crippen LogP) is 4.24. The van der Waals surface area contributed by atoms with Crippen molar-refractivity contribution in [1.29, 1.82) is 0 Å². The molecule has 0 spiro atoms. The van der Waals surface area contributed by atoms with Gasteiger partial charge in [-0.1, -0.05) is 44.5 Å². The molecule has 0 aliphatic carbocycles. The molecule has 0 radical (unpaired) electrons. The molecule has 0 aliphatic rings. The molecule has 0 amide bonds. The number of hydrogen-bond acceptors (Lipinski definition) is 4. The summed E-state index contributed by atoms with van der Waals surface area (Å²) in [4.78, 5) is 4.63. The van der Waals surface area contributed by atoms with E-state index in [2.05, 4.69) is 31.1 Å². The van der Waals surface area contributed by atoms with E-state index in [1.54, 1.807) is 11.3 Å². The molecule has 2 N–H and O–H groups in total. The van der Waals surface area contributed by atoms with Crippen LogP contribution in [0, 0.1) is 0 Å². The van der Waals surface area contributed by atoms with Gasteiger partial charge >= 0.3 is 0 Å². The molecule has 2 rings (SSSR count). The van der Waals surface area contributed by atoms with Crippen molar-refractivity contribution in [3.8, 4) is 0 Å². The molecular formula is C15H19ClN2OS. The lowest BCUT2D eigenvalue weighted by Crippen LogP contribution is -2.17. The van der Waals surface area contributed by atoms with Gasteiger partial charge in [0, 0.05) is 10.8 Å². The summed E-state index contributed by atoms with van der Waals surface area (Å²) in [5.41, 5.74) is 1.67. The molecule has 1 aromatic carbocycles. The second-order valence-electron chi connectivity index (χ2n) is 5.69. The molecule has 2 aromatic rings. The molecule has 0 bridgehead atoms. The topological polar surface area (TPSA) is 45.2 Å². The largest absolute Gasteiger partial charge is 0.394 e. The monoisotopic (exact) mass is 310 g/mol. The molecule has 1 atom stereocenters. The highest BCUT2D eigenvalue weighted by molar-refractivity contribution is 7.09. The number of hydrogen-bond donors (Lipinski definition) is 2. The van der Waals surface area contributed by atoms with Crippen LogP contribution in [0.25, 0.3) is 0 Å². The number of para-hydroxylation sites is 1. The molecule has 108 valence electrons. The fraction of sp³-hybridized carbons (Fsp3) is 0.400. The number of anilines is 1. The first-order valence-corrected chi connectivity index (χ1v) is 7.75. The fourth-order valence-electron chi connectivity index (χ4n) is 1.77. The molecular weight excluding hydrogens is 292 g/mol. The second-order valence-corrected chi connectivity index (χ2v) is 6.95. The number of benzene rings is 1. The van der Waals surface area contributed by atoms with E-state index in [1.807, 2.05) is 29.6 Å². The van der Waals surface area contributed by atoms with E-state index in [-0.39, 0.29) is 18.1 Å². The van der Waals surface area contributed by atoms with Gasteiger partial charge in [0.2, 0.25) is 0 Å². The van der Waals surface area contributed by atoms with Crippen LogP contribution in [0.1, 0.15) is 37.5 Å². The maximum absolute atomic E-state index is 9.60. The molecule has 0 aliphatic heterocycles. The van der Waals surface area contributed by atoms with Gasteiger partial charge in [-0.05, 0) is 12.1 Å². The van der Waals surface area contributed by atoms with Gasteiger partial charge in [-0.3, -0.25) is 0 Å². The summed E-state index contributed by atoms with van der Waals surface area (Å²) in [6.07, 6.45) is 0. The van der Waals surface area contributed by atoms with E-state index >= 15 is 0 Å². The fourth-order valence-corrected chi connectivity index (χ4v) is 2.92. The minimum absolute atomic E-state index is 0.0211. The third kappa shape index (κ3) is 3.51. The van der Waals surface area contributed by atoms with E-state index < -0.39 is 0 Å². The lowest BCUT2D eigenvalue weighted by Gasteiger charge is -2.17. The number of aliphatic hydroxyl groups excluding tert-OH is 1. The molecule has 0 saturated heterocycles. The maximum Gasteiger partial charge on any atom is 0.0982 e. The minimum atomic E-state index is -0.248. The normalized spacial score (nSPS) is 13.2. The highest BCUT2D eigenvalue weighted by Crippen LogP contribution is 2.30. The molecule has 0 fully saturated rings. The van der Waals surface area contributed by atoms with Crippen molar-refractivity contribution in [2.24, 2.45) is 0 Å². The number of rotatable bonds is 4. The standard InChI is InChI=1S/C15H19ClN2OS/c1-15(2,3)14-18-13(9-20-14)12(8-19)17-11-7-5-4-6-10(11)16/h4-7,9,12,17,19H,8H2,1-3H3. The summed E-state index contributed by atoms with van der Waals surface area (Å²) in [6.45, 7) is 6.36. The average Bonchev–Trinajstić information content (AvgIpc) is 2.87. The number of halogens is 1. The van der Waals surface area contributed by atoms with Gasteiger partial charge in [0.15, 0.2) is 0 Å². The molecule has 1 aromatic heterocycles. The Balaban J connectivity index is 2.21. The maximum atomic E-state index is 9.60. The van der Waals surface area contributed by atoms with Crippen LogP contribution in [0.15, 0.2) is 29.6 Å². The Labute approximate surface area is 128 Å². The van der Waals surface area contributed by atoms with E-state index in [0.29, 0.717) is 5.02 Å². The Morgan fingerprint density at radius 3 is 2.60 bits per heavy atom. The van der Waals surface area contributed by atoms with Gasteiger partial charge in [-0.15, -0.1) is 11.3 Å². The highest BCUT2D eigenvalue weighted by Gasteiger charge is 2.21. The van der Waals surface area contributed by atoms with Crippen LogP contribution in [0.2, 0.25) is 5.02 Å². The lowest BCUT2D eigenvalue weighted by molar-refractivity contribution is 0.274. The van der Waals surface area contributed by atoms with Crippen molar-refractivity contribution < 1.29 is 5.11 Å². The van der Waals surface area contributed by atoms with Crippen molar-refractivity contribution in [2.75, 3.05) is 11.9 Å². The Morgan fingerprint density at radius 1 is 1.35 bits per heavy atom. The van der Waals surface area contributed by atoms with Crippen molar-refractivity contribution in [3.63, 3.8) is 0 Å². The number of aliphatic hydroxyl groups is 1. The quantitative estimate of drug-likeness (QED) is 0.888. The number of thiazole rings is 1. The summed E-state index contributed by atoms with van der Waals surface area (Å²) in [5.74, 6) is 0. The van der Waals surface area contributed by atoms with Gasteiger partial charge in [-0.25, -0.2) is 4.98 Å². The SMILES string of the molecule is CC(C)(C)c1nc(C(CO)Nc2ccccc2Cl)cs1. The van der Waals surface area contributed by atoms with Crippen molar-refractivity contribution in [2.45, 2.75) is 32.2 Å². The molecule has 1 heterocycles. The Kier molecular flexibility index (Phi) is 4.68. The van der Waals surface area contributed by atoms with Crippen LogP contribution in [0.3, 0.4) is 0 Å². The Morgan fingerprint density at radius 2 is 2.05 bits per heavy atom. The van der Waals surface area contributed by atoms with Crippen LogP contribution >= 0.6 is 22.9 Å². The first-order chi connectivity index (χ1) is 9.41. The molecule has 0 saturated carbocycles. The third-order valence-corrected chi connectivity index (χ3v) is 4.52. The Hall–Kier alpha value is -1.10. The van der Waals surface area contributed by atoms with E-state index in [1.165, 1.54) is 0 Å². The molecule has 3 nitrogen and oxygen atoms in total. The van der Waals surface area contributed by atoms with Gasteiger partial charge in [0.25, 0.3) is 0 Å². The molecule has 1 unspecified atom stereocenters. The second kappa shape index (κ2) is 6.12. The molecule has 5 heteroatoms. The van der Waals surface area contributed by atoms with Crippen molar-refractivity contribution in [3.05, 3.63) is 45.4 Å². The summed E-state index contributed by atoms with van der Waals surface area (Å²) >= 11 is 7.75. The zero-order chi connectivity index (χ0) is 14.8. The summed E-state index contributed by atoms with van der Waals surface area (Å²) in [6, 6.07) is 7.25. The zero-order valence-electron chi connectivity index (χ0n) is 11.9. The third-order valence-electron chi connectivity index (χ3n) is 2.91. The van der Waals surface area contributed by atoms with Gasteiger partial charge in [-0.2, -0.15) is 0 Å². The first kappa shape index (κ1) is 15.3. The highest BCUT2D eigenvalue weighted by atomic mass is 35.5. The number of nitrogens with one attached hydrogen (secondary N) is 1. The van der Waals surface area contributed by atoms with Gasteiger partial charge in [0.05, 0.1) is 34.1 Å². The lowest BCUT2D eigenvalue weighted by atomic mass is 9.98. The van der Waals surface area contributed by atoms with Crippen molar-refractivity contribution >= 4 is 28.6 Å². The predicted molar refractivity (Wildman–Crippen MR) is 85.7 cm³/mol. The van der Waals surface area contributed by atoms with E-state index in [4.69, 9.17) is 11.6 Å². The zero-order valence-corrected chi connectivity index (χ0v) is 13.4. The van der Waals surface area contributed by atoms with Crippen LogP contribution < -0.4 is 5.32 Å². The Bertz CT molecular complexity index is 577. The minimum Gasteiger partial charge on any atom is -0.394 e. The van der Waals surface area contributed by atoms with Crippen LogP contribution in [-0.4, -0.2) is 16.7 Å². The van der Waals surface area contributed by atoms with Gasteiger partial charge in [0.1, 0.15) is 0 Å². The van der Waals surface area contributed by atoms with Crippen LogP contribution in [0.4, 0.5) is 5.69 Å². The number of aromatic nitrogens is 1. The molecule has 20 heavy (non-hydrogen) atoms. The van der Waals surface area contributed by atoms with Crippen molar-refractivity contribution in [1.82, 2.24) is 4.98 Å². The summed E-state index contributed by atoms with van der Waals surface area (Å²) < 4.78 is 0. The van der Waals surface area contributed by atoms with Crippen LogP contribution in [0.5, 0.6) is 0 Å². The number of nitrogens with zero attached hydrogens (tertiary/aromatic N) is 1. The van der Waals surface area contributed by atoms with E-state index in [9.17, 15) is 5.11 Å². The van der Waals surface area contributed by atoms with Gasteiger partial charge < -0.3 is 10.4 Å². The van der Waals surface area contributed by atoms with E-state index in [0.717, 1.165) is 16.4 Å². The smallest absolute Gasteiger partial charge is 0.0982 e. The first-order valence-electron chi connectivity index (χ1n) is 6.49. The summed E-state index contributed by atoms with van der Waals surface area (Å²) in [5, 5.41) is 16.5. The average molecular weight is 311 g/mol. The van der Waals surface area contributed by atoms with Crippen LogP contribution in [-0.2, 0) is 5.41 Å².